The smallest absolute Gasteiger partial charge is 0.434 e. The zero-order chi connectivity index (χ0) is 17.6. The van der Waals surface area contributed by atoms with Gasteiger partial charge in [-0.1, -0.05) is 41.5 Å². The van der Waals surface area contributed by atoms with Gasteiger partial charge < -0.3 is 14.2 Å². The predicted molar refractivity (Wildman–Crippen MR) is 89.0 cm³/mol. The molecule has 2 aromatic carbocycles. The maximum absolute atomic E-state index is 13.3. The van der Waals surface area contributed by atoms with Crippen molar-refractivity contribution in [3.05, 3.63) is 47.5 Å². The predicted octanol–water partition coefficient (Wildman–Crippen LogP) is 2.99. The summed E-state index contributed by atoms with van der Waals surface area (Å²) in [5.74, 6) is -0.370. The lowest BCUT2D eigenvalue weighted by Crippen LogP contribution is -2.49. The molecule has 0 saturated heterocycles. The van der Waals surface area contributed by atoms with Crippen LogP contribution in [0.25, 0.3) is 10.8 Å². The topological polar surface area (TPSA) is 77.4 Å². The van der Waals surface area contributed by atoms with Crippen molar-refractivity contribution in [3.63, 3.8) is 0 Å². The minimum Gasteiger partial charge on any atom is -0.450 e. The van der Waals surface area contributed by atoms with Crippen molar-refractivity contribution in [1.29, 1.82) is 0 Å². The number of ether oxygens (including phenoxy) is 3. The molecule has 2 aliphatic rings. The molecule has 1 amide bonds. The third-order valence-corrected chi connectivity index (χ3v) is 4.25. The van der Waals surface area contributed by atoms with E-state index in [0.29, 0.717) is 11.1 Å². The second kappa shape index (κ2) is 5.47. The number of rotatable bonds is 2. The number of fused-ring (bicyclic) bond motifs is 1. The monoisotopic (exact) mass is 340 g/mol. The first-order valence-corrected chi connectivity index (χ1v) is 8.08. The number of hydrazone groups is 1. The van der Waals surface area contributed by atoms with Gasteiger partial charge in [0, 0.05) is 16.5 Å². The molecule has 7 heteroatoms. The first-order valence-electron chi connectivity index (χ1n) is 8.08. The zero-order valence-corrected chi connectivity index (χ0v) is 13.8. The molecule has 1 unspecified atom stereocenters. The van der Waals surface area contributed by atoms with Gasteiger partial charge in [-0.05, 0) is 19.2 Å². The molecule has 0 fully saturated rings. The molecule has 128 valence electrons. The van der Waals surface area contributed by atoms with E-state index in [4.69, 9.17) is 14.2 Å². The van der Waals surface area contributed by atoms with Crippen LogP contribution in [0.1, 0.15) is 29.8 Å². The highest BCUT2D eigenvalue weighted by atomic mass is 16.7. The quantitative estimate of drug-likeness (QED) is 0.840. The second-order valence-electron chi connectivity index (χ2n) is 5.59. The maximum atomic E-state index is 13.3. The van der Waals surface area contributed by atoms with Crippen LogP contribution in [0.5, 0.6) is 0 Å². The van der Waals surface area contributed by atoms with Crippen LogP contribution in [-0.2, 0) is 19.9 Å². The van der Waals surface area contributed by atoms with Gasteiger partial charge in [-0.3, -0.25) is 4.79 Å². The molecule has 0 saturated carbocycles. The minimum absolute atomic E-state index is 0.131. The van der Waals surface area contributed by atoms with Gasteiger partial charge in [-0.25, -0.2) is 4.79 Å². The molecule has 1 heterocycles. The van der Waals surface area contributed by atoms with Crippen molar-refractivity contribution in [2.24, 2.45) is 5.10 Å². The Bertz CT molecular complexity index is 918. The highest BCUT2D eigenvalue weighted by Crippen LogP contribution is 2.48. The summed E-state index contributed by atoms with van der Waals surface area (Å²) in [6.45, 7) is 3.88. The molecule has 7 nitrogen and oxygen atoms in total. The number of amides is 1. The van der Waals surface area contributed by atoms with Crippen molar-refractivity contribution in [2.75, 3.05) is 13.2 Å². The Balaban J connectivity index is 1.93. The van der Waals surface area contributed by atoms with E-state index in [1.807, 2.05) is 18.2 Å². The summed E-state index contributed by atoms with van der Waals surface area (Å²) in [6.07, 6.45) is -0.899. The summed E-state index contributed by atoms with van der Waals surface area (Å²) in [5, 5.41) is 6.64. The van der Waals surface area contributed by atoms with Crippen LogP contribution >= 0.6 is 0 Å². The molecule has 2 aromatic rings. The highest BCUT2D eigenvalue weighted by molar-refractivity contribution is 6.20. The fourth-order valence-electron chi connectivity index (χ4n) is 3.31. The molecular weight excluding hydrogens is 324 g/mol. The lowest BCUT2D eigenvalue weighted by molar-refractivity contribution is -0.0437. The van der Waals surface area contributed by atoms with E-state index >= 15 is 0 Å². The van der Waals surface area contributed by atoms with E-state index in [0.717, 1.165) is 15.8 Å². The van der Waals surface area contributed by atoms with Crippen molar-refractivity contribution in [3.8, 4) is 0 Å². The standard InChI is InChI=1S/C18H16N2O5/c1-3-23-16-19-20(17(22)24-4-2)18(25-16)13-10-6-8-11-7-5-9-12(14(11)13)15(18)21/h5-10H,3-4H2,1-2H3. The van der Waals surface area contributed by atoms with Crippen LogP contribution in [0.2, 0.25) is 0 Å². The molecule has 0 aromatic heterocycles. The summed E-state index contributed by atoms with van der Waals surface area (Å²) in [5.41, 5.74) is -0.688. The number of carbonyl (C=O) groups excluding carboxylic acids is 2. The van der Waals surface area contributed by atoms with Crippen LogP contribution in [-0.4, -0.2) is 36.2 Å². The van der Waals surface area contributed by atoms with Gasteiger partial charge in [0.15, 0.2) is 0 Å². The summed E-state index contributed by atoms with van der Waals surface area (Å²) in [7, 11) is 0. The van der Waals surface area contributed by atoms with E-state index in [1.165, 1.54) is 0 Å². The Morgan fingerprint density at radius 3 is 2.68 bits per heavy atom. The largest absolute Gasteiger partial charge is 0.450 e. The average molecular weight is 340 g/mol. The van der Waals surface area contributed by atoms with Crippen LogP contribution in [0.4, 0.5) is 4.79 Å². The Morgan fingerprint density at radius 1 is 1.20 bits per heavy atom. The lowest BCUT2D eigenvalue weighted by atomic mass is 10.0. The van der Waals surface area contributed by atoms with E-state index in [1.54, 1.807) is 32.0 Å². The van der Waals surface area contributed by atoms with Gasteiger partial charge in [0.05, 0.1) is 13.2 Å². The lowest BCUT2D eigenvalue weighted by Gasteiger charge is -2.29. The maximum Gasteiger partial charge on any atom is 0.434 e. The summed E-state index contributed by atoms with van der Waals surface area (Å²) in [4.78, 5) is 25.7. The van der Waals surface area contributed by atoms with Crippen LogP contribution in [0, 0.1) is 0 Å². The normalized spacial score (nSPS) is 20.8. The second-order valence-corrected chi connectivity index (χ2v) is 5.59. The van der Waals surface area contributed by atoms with Gasteiger partial charge in [-0.15, -0.1) is 5.01 Å². The Morgan fingerprint density at radius 2 is 1.96 bits per heavy atom. The number of nitrogens with zero attached hydrogens (tertiary/aromatic N) is 2. The highest BCUT2D eigenvalue weighted by Gasteiger charge is 2.61. The minimum atomic E-state index is -1.72. The van der Waals surface area contributed by atoms with Crippen LogP contribution in [0.15, 0.2) is 41.5 Å². The number of hydrogen-bond donors (Lipinski definition) is 0. The van der Waals surface area contributed by atoms with E-state index < -0.39 is 11.8 Å². The molecule has 1 aliphatic carbocycles. The molecular formula is C18H16N2O5. The molecule has 4 rings (SSSR count). The third kappa shape index (κ3) is 1.95. The SMILES string of the molecule is CCOC(=O)N1N=C(OCC)OC12C(=O)c1cccc3cccc2c13. The number of hydrogen-bond acceptors (Lipinski definition) is 6. The summed E-state index contributed by atoms with van der Waals surface area (Å²) >= 11 is 0. The Kier molecular flexibility index (Phi) is 3.38. The summed E-state index contributed by atoms with van der Waals surface area (Å²) in [6, 6.07) is 10.9. The fraction of sp³-hybridized carbons (Fsp3) is 0.278. The van der Waals surface area contributed by atoms with Gasteiger partial charge in [0.2, 0.25) is 5.78 Å². The van der Waals surface area contributed by atoms with Crippen molar-refractivity contribution < 1.29 is 23.8 Å². The molecule has 1 aliphatic heterocycles. The number of Topliss-reactive ketones (excluding diaryl/α,β-unsaturated/α-hetero) is 1. The number of ketones is 1. The average Bonchev–Trinajstić information content (AvgIpc) is 3.11. The van der Waals surface area contributed by atoms with Crippen LogP contribution in [0.3, 0.4) is 0 Å². The molecule has 25 heavy (non-hydrogen) atoms. The zero-order valence-electron chi connectivity index (χ0n) is 13.8. The van der Waals surface area contributed by atoms with E-state index in [2.05, 4.69) is 5.10 Å². The Labute approximate surface area is 143 Å². The van der Waals surface area contributed by atoms with Crippen LogP contribution < -0.4 is 0 Å². The fourth-order valence-corrected chi connectivity index (χ4v) is 3.31. The van der Waals surface area contributed by atoms with Gasteiger partial charge in [0.25, 0.3) is 0 Å². The Hall–Kier alpha value is -3.09. The first kappa shape index (κ1) is 15.4. The molecule has 1 spiro atoms. The number of carbonyl (C=O) groups is 2. The van der Waals surface area contributed by atoms with Gasteiger partial charge in [-0.2, -0.15) is 0 Å². The number of benzene rings is 2. The first-order chi connectivity index (χ1) is 12.1. The van der Waals surface area contributed by atoms with Gasteiger partial charge in [0.1, 0.15) is 0 Å². The van der Waals surface area contributed by atoms with E-state index in [-0.39, 0.29) is 25.1 Å². The molecule has 0 N–H and O–H groups in total. The van der Waals surface area contributed by atoms with Crippen molar-refractivity contribution in [2.45, 2.75) is 19.6 Å². The van der Waals surface area contributed by atoms with Crippen molar-refractivity contribution >= 4 is 28.7 Å². The molecule has 0 bridgehead atoms. The van der Waals surface area contributed by atoms with Gasteiger partial charge >= 0.3 is 17.9 Å². The molecule has 1 atom stereocenters. The summed E-state index contributed by atoms with van der Waals surface area (Å²) < 4.78 is 16.2. The third-order valence-electron chi connectivity index (χ3n) is 4.25. The molecule has 0 radical (unpaired) electrons. The van der Waals surface area contributed by atoms with E-state index in [9.17, 15) is 9.59 Å². The van der Waals surface area contributed by atoms with Crippen molar-refractivity contribution in [1.82, 2.24) is 5.01 Å².